The molecule has 0 aromatic heterocycles. The fraction of sp³-hybridized carbons (Fsp3) is 0.588. The van der Waals surface area contributed by atoms with E-state index in [1.54, 1.807) is 0 Å². The Morgan fingerprint density at radius 3 is 2.85 bits per heavy atom. The molecule has 0 spiro atoms. The maximum atomic E-state index is 9.03. The molecule has 2 saturated heterocycles. The first-order valence-corrected chi connectivity index (χ1v) is 7.65. The minimum Gasteiger partial charge on any atom is -0.371 e. The van der Waals surface area contributed by atoms with Crippen LogP contribution in [0.25, 0.3) is 0 Å². The number of hydrogen-bond donors (Lipinski definition) is 0. The molecular weight excluding hydrogens is 246 g/mol. The van der Waals surface area contributed by atoms with E-state index >= 15 is 0 Å². The molecule has 0 saturated carbocycles. The summed E-state index contributed by atoms with van der Waals surface area (Å²) in [5, 5.41) is 9.03. The standard InChI is InChI=1S/C17H23N3/c1-13-10-16(6-5-14(13)11-18)20-9-7-17-15(12-20)4-3-8-19(17)2/h5-6,10,15,17H,3-4,7-9,12H2,1-2H3. The van der Waals surface area contributed by atoms with Crippen molar-refractivity contribution in [3.63, 3.8) is 0 Å². The molecule has 20 heavy (non-hydrogen) atoms. The molecule has 2 aliphatic rings. The summed E-state index contributed by atoms with van der Waals surface area (Å²) >= 11 is 0. The van der Waals surface area contributed by atoms with E-state index in [4.69, 9.17) is 5.26 Å². The van der Waals surface area contributed by atoms with Crippen LogP contribution in [0.1, 0.15) is 30.4 Å². The molecule has 2 fully saturated rings. The Labute approximate surface area is 121 Å². The Morgan fingerprint density at radius 2 is 2.10 bits per heavy atom. The third kappa shape index (κ3) is 2.41. The van der Waals surface area contributed by atoms with Crippen LogP contribution in [-0.4, -0.2) is 37.6 Å². The van der Waals surface area contributed by atoms with E-state index in [9.17, 15) is 0 Å². The second-order valence-electron chi connectivity index (χ2n) is 6.30. The van der Waals surface area contributed by atoms with Crippen molar-refractivity contribution in [2.45, 2.75) is 32.2 Å². The highest BCUT2D eigenvalue weighted by Crippen LogP contribution is 2.32. The van der Waals surface area contributed by atoms with Gasteiger partial charge in [0.1, 0.15) is 0 Å². The van der Waals surface area contributed by atoms with Crippen molar-refractivity contribution in [2.24, 2.45) is 5.92 Å². The van der Waals surface area contributed by atoms with Gasteiger partial charge in [0.05, 0.1) is 11.6 Å². The van der Waals surface area contributed by atoms with E-state index in [1.807, 2.05) is 13.0 Å². The van der Waals surface area contributed by atoms with Gasteiger partial charge in [0, 0.05) is 24.8 Å². The Morgan fingerprint density at radius 1 is 1.25 bits per heavy atom. The third-order valence-electron chi connectivity index (χ3n) is 5.04. The lowest BCUT2D eigenvalue weighted by Crippen LogP contribution is -2.52. The predicted molar refractivity (Wildman–Crippen MR) is 81.9 cm³/mol. The molecule has 2 aliphatic heterocycles. The number of hydrogen-bond acceptors (Lipinski definition) is 3. The Bertz CT molecular complexity index is 532. The first-order valence-electron chi connectivity index (χ1n) is 7.65. The molecule has 3 heteroatoms. The zero-order chi connectivity index (χ0) is 14.1. The fourth-order valence-electron chi connectivity index (χ4n) is 3.86. The third-order valence-corrected chi connectivity index (χ3v) is 5.04. The second kappa shape index (κ2) is 5.46. The zero-order valence-electron chi connectivity index (χ0n) is 12.5. The van der Waals surface area contributed by atoms with Gasteiger partial charge in [-0.3, -0.25) is 0 Å². The van der Waals surface area contributed by atoms with Gasteiger partial charge in [-0.25, -0.2) is 0 Å². The van der Waals surface area contributed by atoms with Crippen LogP contribution in [0.5, 0.6) is 0 Å². The summed E-state index contributed by atoms with van der Waals surface area (Å²) in [7, 11) is 2.28. The number of aryl methyl sites for hydroxylation is 1. The summed E-state index contributed by atoms with van der Waals surface area (Å²) in [6.45, 7) is 5.59. The maximum absolute atomic E-state index is 9.03. The maximum Gasteiger partial charge on any atom is 0.0994 e. The lowest BCUT2D eigenvalue weighted by Gasteiger charge is -2.46. The second-order valence-corrected chi connectivity index (χ2v) is 6.30. The monoisotopic (exact) mass is 269 g/mol. The van der Waals surface area contributed by atoms with Crippen molar-refractivity contribution in [2.75, 3.05) is 31.6 Å². The summed E-state index contributed by atoms with van der Waals surface area (Å²) in [5.41, 5.74) is 3.17. The molecule has 2 unspecified atom stereocenters. The molecule has 2 atom stereocenters. The number of nitriles is 1. The summed E-state index contributed by atoms with van der Waals surface area (Å²) in [6, 6.07) is 9.27. The number of likely N-dealkylation sites (tertiary alicyclic amines) is 1. The predicted octanol–water partition coefficient (Wildman–Crippen LogP) is 2.79. The normalized spacial score (nSPS) is 26.9. The van der Waals surface area contributed by atoms with E-state index in [1.165, 1.54) is 38.0 Å². The Kier molecular flexibility index (Phi) is 3.67. The number of nitrogens with zero attached hydrogens (tertiary/aromatic N) is 3. The van der Waals surface area contributed by atoms with E-state index in [0.29, 0.717) is 0 Å². The largest absolute Gasteiger partial charge is 0.371 e. The van der Waals surface area contributed by atoms with Crippen LogP contribution in [0, 0.1) is 24.2 Å². The summed E-state index contributed by atoms with van der Waals surface area (Å²) in [5.74, 6) is 0.804. The van der Waals surface area contributed by atoms with Crippen molar-refractivity contribution >= 4 is 5.69 Å². The fourth-order valence-corrected chi connectivity index (χ4v) is 3.86. The highest BCUT2D eigenvalue weighted by Gasteiger charge is 2.34. The van der Waals surface area contributed by atoms with Gasteiger partial charge in [-0.05, 0) is 69.5 Å². The Hall–Kier alpha value is -1.53. The quantitative estimate of drug-likeness (QED) is 0.785. The Balaban J connectivity index is 1.76. The molecule has 1 aromatic carbocycles. The average Bonchev–Trinajstić information content (AvgIpc) is 2.47. The molecule has 106 valence electrons. The first-order chi connectivity index (χ1) is 9.69. The number of fused-ring (bicyclic) bond motifs is 1. The van der Waals surface area contributed by atoms with Crippen molar-refractivity contribution in [1.29, 1.82) is 5.26 Å². The molecule has 1 aromatic rings. The van der Waals surface area contributed by atoms with E-state index in [-0.39, 0.29) is 0 Å². The number of benzene rings is 1. The first kappa shape index (κ1) is 13.5. The summed E-state index contributed by atoms with van der Waals surface area (Å²) in [4.78, 5) is 5.06. The van der Waals surface area contributed by atoms with Gasteiger partial charge in [0.2, 0.25) is 0 Å². The molecule has 3 nitrogen and oxygen atoms in total. The molecule has 2 heterocycles. The van der Waals surface area contributed by atoms with Crippen LogP contribution in [0.3, 0.4) is 0 Å². The summed E-state index contributed by atoms with van der Waals surface area (Å²) in [6.07, 6.45) is 3.96. The van der Waals surface area contributed by atoms with Crippen molar-refractivity contribution < 1.29 is 0 Å². The van der Waals surface area contributed by atoms with Gasteiger partial charge in [-0.1, -0.05) is 0 Å². The number of anilines is 1. The van der Waals surface area contributed by atoms with E-state index in [0.717, 1.165) is 29.6 Å². The van der Waals surface area contributed by atoms with Gasteiger partial charge < -0.3 is 9.80 Å². The van der Waals surface area contributed by atoms with Gasteiger partial charge >= 0.3 is 0 Å². The molecule has 3 rings (SSSR count). The molecule has 0 N–H and O–H groups in total. The van der Waals surface area contributed by atoms with Crippen LogP contribution in [-0.2, 0) is 0 Å². The SMILES string of the molecule is Cc1cc(N2CCC3C(CCCN3C)C2)ccc1C#N. The van der Waals surface area contributed by atoms with Gasteiger partial charge in [0.15, 0.2) is 0 Å². The van der Waals surface area contributed by atoms with E-state index in [2.05, 4.69) is 35.0 Å². The molecule has 0 aliphatic carbocycles. The van der Waals surface area contributed by atoms with Crippen molar-refractivity contribution in [3.05, 3.63) is 29.3 Å². The zero-order valence-corrected chi connectivity index (χ0v) is 12.5. The topological polar surface area (TPSA) is 30.3 Å². The highest BCUT2D eigenvalue weighted by molar-refractivity contribution is 5.53. The van der Waals surface area contributed by atoms with Crippen molar-refractivity contribution in [3.8, 4) is 6.07 Å². The molecular formula is C17H23N3. The van der Waals surface area contributed by atoms with Gasteiger partial charge in [-0.2, -0.15) is 5.26 Å². The van der Waals surface area contributed by atoms with Crippen LogP contribution in [0.2, 0.25) is 0 Å². The lowest BCUT2D eigenvalue weighted by atomic mass is 9.84. The summed E-state index contributed by atoms with van der Waals surface area (Å²) < 4.78 is 0. The molecule has 0 radical (unpaired) electrons. The van der Waals surface area contributed by atoms with Gasteiger partial charge in [-0.15, -0.1) is 0 Å². The van der Waals surface area contributed by atoms with Crippen molar-refractivity contribution in [1.82, 2.24) is 4.90 Å². The number of rotatable bonds is 1. The van der Waals surface area contributed by atoms with E-state index < -0.39 is 0 Å². The minimum absolute atomic E-state index is 0.777. The molecule has 0 amide bonds. The van der Waals surface area contributed by atoms with Crippen LogP contribution < -0.4 is 4.90 Å². The smallest absolute Gasteiger partial charge is 0.0994 e. The van der Waals surface area contributed by atoms with Gasteiger partial charge in [0.25, 0.3) is 0 Å². The van der Waals surface area contributed by atoms with Crippen LogP contribution >= 0.6 is 0 Å². The lowest BCUT2D eigenvalue weighted by molar-refractivity contribution is 0.102. The number of piperidine rings is 2. The minimum atomic E-state index is 0.777. The van der Waals surface area contributed by atoms with Crippen LogP contribution in [0.4, 0.5) is 5.69 Å². The molecule has 0 bridgehead atoms. The average molecular weight is 269 g/mol. The van der Waals surface area contributed by atoms with Crippen LogP contribution in [0.15, 0.2) is 18.2 Å². The highest BCUT2D eigenvalue weighted by atomic mass is 15.2.